The smallest absolute Gasteiger partial charge is 0.303 e. The highest BCUT2D eigenvalue weighted by Gasteiger charge is 2.22. The molecule has 5 heteroatoms. The second-order valence-corrected chi connectivity index (χ2v) is 4.64. The van der Waals surface area contributed by atoms with Crippen LogP contribution in [0.2, 0.25) is 0 Å². The summed E-state index contributed by atoms with van der Waals surface area (Å²) < 4.78 is 5.35. The average Bonchev–Trinajstić information content (AvgIpc) is 2.39. The molecule has 0 saturated heterocycles. The Morgan fingerprint density at radius 3 is 2.95 bits per heavy atom. The van der Waals surface area contributed by atoms with Crippen LogP contribution in [0.3, 0.4) is 0 Å². The van der Waals surface area contributed by atoms with Gasteiger partial charge >= 0.3 is 5.97 Å². The van der Waals surface area contributed by atoms with Gasteiger partial charge in [0.2, 0.25) is 0 Å². The maximum Gasteiger partial charge on any atom is 0.303 e. The number of unbranched alkanes of at least 4 members (excludes halogenated alkanes) is 1. The van der Waals surface area contributed by atoms with Crippen molar-refractivity contribution in [3.05, 3.63) is 23.8 Å². The summed E-state index contributed by atoms with van der Waals surface area (Å²) in [5.74, 6) is -0.101. The normalized spacial score (nSPS) is 13.9. The van der Waals surface area contributed by atoms with Crippen LogP contribution < -0.4 is 9.64 Å². The summed E-state index contributed by atoms with van der Waals surface area (Å²) in [5.41, 5.74) is 1.88. The predicted molar refractivity (Wildman–Crippen MR) is 70.5 cm³/mol. The van der Waals surface area contributed by atoms with Crippen LogP contribution in [0.4, 0.5) is 5.69 Å². The van der Waals surface area contributed by atoms with Crippen molar-refractivity contribution >= 4 is 17.6 Å². The van der Waals surface area contributed by atoms with Crippen molar-refractivity contribution in [2.45, 2.75) is 25.7 Å². The number of carbonyl (C=O) groups is 2. The van der Waals surface area contributed by atoms with E-state index in [1.54, 1.807) is 11.9 Å². The Morgan fingerprint density at radius 2 is 2.21 bits per heavy atom. The lowest BCUT2D eigenvalue weighted by atomic mass is 10.1. The van der Waals surface area contributed by atoms with Gasteiger partial charge in [0.1, 0.15) is 5.75 Å². The number of anilines is 1. The summed E-state index contributed by atoms with van der Waals surface area (Å²) in [6.45, 7) is 0.0848. The number of likely N-dealkylation sites (N-methyl/N-ethyl adjacent to an activating group) is 1. The Labute approximate surface area is 111 Å². The van der Waals surface area contributed by atoms with E-state index in [-0.39, 0.29) is 18.9 Å². The molecule has 19 heavy (non-hydrogen) atoms. The number of hydrogen-bond donors (Lipinski definition) is 1. The molecule has 1 heterocycles. The quantitative estimate of drug-likeness (QED) is 0.823. The molecular formula is C14H17NO4. The van der Waals surface area contributed by atoms with Gasteiger partial charge in [-0.15, -0.1) is 0 Å². The lowest BCUT2D eigenvalue weighted by Gasteiger charge is -2.26. The van der Waals surface area contributed by atoms with Crippen LogP contribution in [0, 0.1) is 0 Å². The standard InChI is InChI=1S/C14H17NO4/c1-15-11-8-10(4-2-3-5-14(17)18)6-7-12(11)19-9-13(15)16/h6-8H,2-5,9H2,1H3,(H,17,18). The second-order valence-electron chi connectivity index (χ2n) is 4.64. The lowest BCUT2D eigenvalue weighted by Crippen LogP contribution is -2.35. The van der Waals surface area contributed by atoms with E-state index in [0.717, 1.165) is 29.8 Å². The second kappa shape index (κ2) is 5.73. The fourth-order valence-corrected chi connectivity index (χ4v) is 2.08. The molecule has 2 rings (SSSR count). The first kappa shape index (κ1) is 13.4. The monoisotopic (exact) mass is 263 g/mol. The highest BCUT2D eigenvalue weighted by atomic mass is 16.5. The molecular weight excluding hydrogens is 246 g/mol. The van der Waals surface area contributed by atoms with Crippen molar-refractivity contribution in [2.75, 3.05) is 18.6 Å². The fraction of sp³-hybridized carbons (Fsp3) is 0.429. The Balaban J connectivity index is 2.00. The van der Waals surface area contributed by atoms with Crippen LogP contribution in [-0.4, -0.2) is 30.6 Å². The van der Waals surface area contributed by atoms with Gasteiger partial charge in [-0.2, -0.15) is 0 Å². The number of ether oxygens (including phenoxy) is 1. The zero-order valence-corrected chi connectivity index (χ0v) is 10.9. The van der Waals surface area contributed by atoms with E-state index in [1.165, 1.54) is 0 Å². The summed E-state index contributed by atoms with van der Waals surface area (Å²) in [6.07, 6.45) is 2.50. The highest BCUT2D eigenvalue weighted by Crippen LogP contribution is 2.32. The van der Waals surface area contributed by atoms with Gasteiger partial charge in [0, 0.05) is 13.5 Å². The molecule has 1 aliphatic heterocycles. The van der Waals surface area contributed by atoms with E-state index >= 15 is 0 Å². The van der Waals surface area contributed by atoms with E-state index in [9.17, 15) is 9.59 Å². The third-order valence-corrected chi connectivity index (χ3v) is 3.22. The molecule has 0 saturated carbocycles. The summed E-state index contributed by atoms with van der Waals surface area (Å²) >= 11 is 0. The molecule has 1 aliphatic rings. The largest absolute Gasteiger partial charge is 0.482 e. The molecule has 1 aromatic carbocycles. The van der Waals surface area contributed by atoms with E-state index in [1.807, 2.05) is 18.2 Å². The molecule has 0 bridgehead atoms. The number of carboxylic acid groups (broad SMARTS) is 1. The SMILES string of the molecule is CN1C(=O)COc2ccc(CCCCC(=O)O)cc21. The van der Waals surface area contributed by atoms with Crippen molar-refractivity contribution < 1.29 is 19.4 Å². The van der Waals surface area contributed by atoms with Crippen LogP contribution in [0.5, 0.6) is 5.75 Å². The summed E-state index contributed by atoms with van der Waals surface area (Å²) in [7, 11) is 1.73. The number of benzene rings is 1. The number of aryl methyl sites for hydroxylation is 1. The maximum atomic E-state index is 11.5. The minimum absolute atomic E-state index is 0.0597. The molecule has 5 nitrogen and oxygen atoms in total. The molecule has 0 fully saturated rings. The number of carbonyl (C=O) groups excluding carboxylic acids is 1. The van der Waals surface area contributed by atoms with Crippen LogP contribution in [0.15, 0.2) is 18.2 Å². The average molecular weight is 263 g/mol. The van der Waals surface area contributed by atoms with Crippen LogP contribution in [0.25, 0.3) is 0 Å². The first-order valence-electron chi connectivity index (χ1n) is 6.32. The molecule has 0 spiro atoms. The number of rotatable bonds is 5. The van der Waals surface area contributed by atoms with E-state index in [0.29, 0.717) is 6.42 Å². The summed E-state index contributed by atoms with van der Waals surface area (Å²) in [4.78, 5) is 23.6. The van der Waals surface area contributed by atoms with E-state index in [4.69, 9.17) is 9.84 Å². The van der Waals surface area contributed by atoms with Gasteiger partial charge in [0.05, 0.1) is 5.69 Å². The fourth-order valence-electron chi connectivity index (χ4n) is 2.08. The molecule has 1 amide bonds. The summed E-state index contributed by atoms with van der Waals surface area (Å²) in [6, 6.07) is 5.77. The van der Waals surface area contributed by atoms with Crippen LogP contribution in [0.1, 0.15) is 24.8 Å². The number of fused-ring (bicyclic) bond motifs is 1. The molecule has 0 aromatic heterocycles. The van der Waals surface area contributed by atoms with Gasteiger partial charge < -0.3 is 14.7 Å². The number of aliphatic carboxylic acids is 1. The minimum Gasteiger partial charge on any atom is -0.482 e. The van der Waals surface area contributed by atoms with Crippen molar-refractivity contribution in [3.63, 3.8) is 0 Å². The van der Waals surface area contributed by atoms with Crippen molar-refractivity contribution in [3.8, 4) is 5.75 Å². The molecule has 0 aliphatic carbocycles. The third-order valence-electron chi connectivity index (χ3n) is 3.22. The number of nitrogens with zero attached hydrogens (tertiary/aromatic N) is 1. The first-order valence-corrected chi connectivity index (χ1v) is 6.32. The Kier molecular flexibility index (Phi) is 4.04. The van der Waals surface area contributed by atoms with Gasteiger partial charge in [-0.3, -0.25) is 9.59 Å². The van der Waals surface area contributed by atoms with Gasteiger partial charge in [0.25, 0.3) is 5.91 Å². The van der Waals surface area contributed by atoms with Gasteiger partial charge in [0.15, 0.2) is 6.61 Å². The summed E-state index contributed by atoms with van der Waals surface area (Å²) in [5, 5.41) is 8.57. The van der Waals surface area contributed by atoms with Crippen molar-refractivity contribution in [2.24, 2.45) is 0 Å². The number of amides is 1. The number of carboxylic acids is 1. The lowest BCUT2D eigenvalue weighted by molar-refractivity contribution is -0.137. The third kappa shape index (κ3) is 3.24. The van der Waals surface area contributed by atoms with Gasteiger partial charge in [-0.25, -0.2) is 0 Å². The van der Waals surface area contributed by atoms with Crippen molar-refractivity contribution in [1.29, 1.82) is 0 Å². The molecule has 1 aromatic rings. The Hall–Kier alpha value is -2.04. The zero-order valence-electron chi connectivity index (χ0n) is 10.9. The van der Waals surface area contributed by atoms with Crippen molar-refractivity contribution in [1.82, 2.24) is 0 Å². The molecule has 0 unspecified atom stereocenters. The zero-order chi connectivity index (χ0) is 13.8. The predicted octanol–water partition coefficient (Wildman–Crippen LogP) is 1.84. The van der Waals surface area contributed by atoms with E-state index < -0.39 is 5.97 Å². The first-order chi connectivity index (χ1) is 9.08. The molecule has 1 N–H and O–H groups in total. The van der Waals surface area contributed by atoms with Crippen LogP contribution in [-0.2, 0) is 16.0 Å². The molecule has 0 radical (unpaired) electrons. The highest BCUT2D eigenvalue weighted by molar-refractivity contribution is 5.97. The topological polar surface area (TPSA) is 66.8 Å². The Morgan fingerprint density at radius 1 is 1.42 bits per heavy atom. The number of hydrogen-bond acceptors (Lipinski definition) is 3. The Bertz CT molecular complexity index is 498. The van der Waals surface area contributed by atoms with Gasteiger partial charge in [-0.05, 0) is 37.0 Å². The molecule has 102 valence electrons. The molecule has 0 atom stereocenters. The maximum absolute atomic E-state index is 11.5. The minimum atomic E-state index is -0.760. The van der Waals surface area contributed by atoms with Gasteiger partial charge in [-0.1, -0.05) is 6.07 Å². The van der Waals surface area contributed by atoms with E-state index in [2.05, 4.69) is 0 Å². The van der Waals surface area contributed by atoms with Crippen LogP contribution >= 0.6 is 0 Å².